The van der Waals surface area contributed by atoms with E-state index in [-0.39, 0.29) is 23.0 Å². The van der Waals surface area contributed by atoms with Crippen LogP contribution in [0.1, 0.15) is 58.1 Å². The minimum atomic E-state index is -3.49. The Morgan fingerprint density at radius 2 is 1.88 bits per heavy atom. The first-order valence-corrected chi connectivity index (χ1v) is 9.89. The molecule has 136 valence electrons. The fourth-order valence-electron chi connectivity index (χ4n) is 2.39. The second-order valence-corrected chi connectivity index (χ2v) is 7.90. The summed E-state index contributed by atoms with van der Waals surface area (Å²) in [6.45, 7) is 5.96. The van der Waals surface area contributed by atoms with Gasteiger partial charge in [-0.2, -0.15) is 0 Å². The number of hydrogen-bond acceptors (Lipinski definition) is 3. The summed E-state index contributed by atoms with van der Waals surface area (Å²) >= 11 is 0. The third-order valence-electron chi connectivity index (χ3n) is 3.90. The van der Waals surface area contributed by atoms with Gasteiger partial charge in [-0.15, -0.1) is 0 Å². The summed E-state index contributed by atoms with van der Waals surface area (Å²) < 4.78 is 26.0. The molecule has 2 atom stereocenters. The second-order valence-electron chi connectivity index (χ2n) is 6.02. The normalized spacial score (nSPS) is 14.0. The van der Waals surface area contributed by atoms with Crippen molar-refractivity contribution in [2.75, 3.05) is 7.05 Å². The average Bonchev–Trinajstić information content (AvgIpc) is 2.55. The fraction of sp³-hybridized carbons (Fsp3) is 0.588. The van der Waals surface area contributed by atoms with Crippen molar-refractivity contribution in [3.8, 4) is 0 Å². The van der Waals surface area contributed by atoms with Gasteiger partial charge in [0.2, 0.25) is 10.0 Å². The van der Waals surface area contributed by atoms with Crippen LogP contribution in [0.2, 0.25) is 0 Å². The summed E-state index contributed by atoms with van der Waals surface area (Å²) in [6.07, 6.45) is 4.36. The number of unbranched alkanes of at least 4 members (excludes halogenated alkanes) is 2. The molecule has 0 bridgehead atoms. The highest BCUT2D eigenvalue weighted by Crippen LogP contribution is 2.17. The quantitative estimate of drug-likeness (QED) is 0.595. The Balaban J connectivity index is 2.63. The Morgan fingerprint density at radius 3 is 2.50 bits per heavy atom. The van der Waals surface area contributed by atoms with Crippen molar-refractivity contribution < 1.29 is 13.2 Å². The Labute approximate surface area is 145 Å². The summed E-state index contributed by atoms with van der Waals surface area (Å²) in [6, 6.07) is 6.14. The highest BCUT2D eigenvalue weighted by atomic mass is 32.2. The Morgan fingerprint density at radius 1 is 1.17 bits per heavy atom. The molecule has 0 saturated heterocycles. The zero-order chi connectivity index (χ0) is 18.2. The molecule has 0 aromatic heterocycles. The Hall–Kier alpha value is -1.60. The van der Waals surface area contributed by atoms with Crippen LogP contribution < -0.4 is 15.4 Å². The smallest absolute Gasteiger partial charge is 0.315 e. The van der Waals surface area contributed by atoms with Gasteiger partial charge in [0, 0.05) is 6.04 Å². The molecule has 1 aromatic carbocycles. The summed E-state index contributed by atoms with van der Waals surface area (Å²) in [4.78, 5) is 12.2. The lowest BCUT2D eigenvalue weighted by Crippen LogP contribution is -2.41. The molecule has 0 aliphatic rings. The van der Waals surface area contributed by atoms with Crippen LogP contribution in [0.4, 0.5) is 4.79 Å². The fourth-order valence-corrected chi connectivity index (χ4v) is 3.17. The Bertz CT molecular complexity index is 632. The predicted molar refractivity (Wildman–Crippen MR) is 96.4 cm³/mol. The van der Waals surface area contributed by atoms with Crippen LogP contribution in [0.15, 0.2) is 29.2 Å². The molecule has 0 radical (unpaired) electrons. The van der Waals surface area contributed by atoms with Crippen molar-refractivity contribution in [2.45, 2.75) is 63.4 Å². The van der Waals surface area contributed by atoms with E-state index in [2.05, 4.69) is 22.3 Å². The van der Waals surface area contributed by atoms with Crippen molar-refractivity contribution >= 4 is 16.1 Å². The van der Waals surface area contributed by atoms with E-state index in [1.165, 1.54) is 13.1 Å². The van der Waals surface area contributed by atoms with Crippen molar-refractivity contribution in [1.29, 1.82) is 0 Å². The number of carbonyl (C=O) groups excluding carboxylic acids is 1. The molecule has 0 spiro atoms. The van der Waals surface area contributed by atoms with Crippen LogP contribution in [0, 0.1) is 0 Å². The minimum Gasteiger partial charge on any atom is -0.336 e. The van der Waals surface area contributed by atoms with Crippen LogP contribution in [0.25, 0.3) is 0 Å². The van der Waals surface area contributed by atoms with Crippen molar-refractivity contribution in [2.24, 2.45) is 0 Å². The number of carbonyl (C=O) groups is 1. The molecule has 24 heavy (non-hydrogen) atoms. The van der Waals surface area contributed by atoms with Gasteiger partial charge in [0.25, 0.3) is 0 Å². The molecular weight excluding hydrogens is 326 g/mol. The SMILES string of the molecule is CCCCCC(C)NC(=O)NC(C)c1cccc(S(=O)(=O)NC)c1. The molecule has 0 aliphatic carbocycles. The third kappa shape index (κ3) is 6.49. The van der Waals surface area contributed by atoms with Gasteiger partial charge in [-0.25, -0.2) is 17.9 Å². The molecule has 0 saturated carbocycles. The summed E-state index contributed by atoms with van der Waals surface area (Å²) in [5.41, 5.74) is 0.736. The second kappa shape index (κ2) is 9.64. The highest BCUT2D eigenvalue weighted by molar-refractivity contribution is 7.89. The highest BCUT2D eigenvalue weighted by Gasteiger charge is 2.15. The van der Waals surface area contributed by atoms with Gasteiger partial charge in [0.15, 0.2) is 0 Å². The first-order valence-electron chi connectivity index (χ1n) is 8.40. The topological polar surface area (TPSA) is 87.3 Å². The van der Waals surface area contributed by atoms with Gasteiger partial charge in [-0.05, 0) is 45.0 Å². The zero-order valence-corrected chi connectivity index (χ0v) is 15.7. The van der Waals surface area contributed by atoms with Crippen LogP contribution in [-0.4, -0.2) is 27.5 Å². The number of amides is 2. The lowest BCUT2D eigenvalue weighted by Gasteiger charge is -2.19. The van der Waals surface area contributed by atoms with Gasteiger partial charge < -0.3 is 10.6 Å². The van der Waals surface area contributed by atoms with Gasteiger partial charge in [0.1, 0.15) is 0 Å². The molecule has 2 unspecified atom stereocenters. The van der Waals surface area contributed by atoms with E-state index in [9.17, 15) is 13.2 Å². The van der Waals surface area contributed by atoms with Crippen molar-refractivity contribution in [3.05, 3.63) is 29.8 Å². The molecule has 2 amide bonds. The van der Waals surface area contributed by atoms with E-state index in [1.807, 2.05) is 13.8 Å². The summed E-state index contributed by atoms with van der Waals surface area (Å²) in [7, 11) is -2.12. The molecule has 0 heterocycles. The molecule has 1 rings (SSSR count). The van der Waals surface area contributed by atoms with Crippen molar-refractivity contribution in [3.63, 3.8) is 0 Å². The van der Waals surface area contributed by atoms with Gasteiger partial charge in [-0.1, -0.05) is 38.3 Å². The number of rotatable bonds is 9. The maximum absolute atomic E-state index is 12.1. The first-order chi connectivity index (χ1) is 11.3. The number of sulfonamides is 1. The van der Waals surface area contributed by atoms with Crippen LogP contribution in [0.3, 0.4) is 0 Å². The maximum Gasteiger partial charge on any atom is 0.315 e. The molecule has 1 aromatic rings. The maximum atomic E-state index is 12.1. The first kappa shape index (κ1) is 20.4. The summed E-state index contributed by atoms with van der Waals surface area (Å²) in [5, 5.41) is 5.76. The standard InChI is InChI=1S/C17H29N3O3S/c1-5-6-7-9-13(2)19-17(21)20-14(3)15-10-8-11-16(12-15)24(22,23)18-4/h8,10-14,18H,5-7,9H2,1-4H3,(H2,19,20,21). The number of nitrogens with one attached hydrogen (secondary N) is 3. The molecule has 7 heteroatoms. The largest absolute Gasteiger partial charge is 0.336 e. The molecule has 6 nitrogen and oxygen atoms in total. The van der Waals surface area contributed by atoms with E-state index >= 15 is 0 Å². The predicted octanol–water partition coefficient (Wildman–Crippen LogP) is 2.92. The van der Waals surface area contributed by atoms with E-state index < -0.39 is 10.0 Å². The lowest BCUT2D eigenvalue weighted by atomic mass is 10.1. The molecule has 0 aliphatic heterocycles. The van der Waals surface area contributed by atoms with Crippen LogP contribution in [-0.2, 0) is 10.0 Å². The number of urea groups is 1. The molecular formula is C17H29N3O3S. The van der Waals surface area contributed by atoms with Gasteiger partial charge in [0.05, 0.1) is 10.9 Å². The summed E-state index contributed by atoms with van der Waals surface area (Å²) in [5.74, 6) is 0. The third-order valence-corrected chi connectivity index (χ3v) is 5.31. The monoisotopic (exact) mass is 355 g/mol. The van der Waals surface area contributed by atoms with Gasteiger partial charge >= 0.3 is 6.03 Å². The van der Waals surface area contributed by atoms with Crippen molar-refractivity contribution in [1.82, 2.24) is 15.4 Å². The van der Waals surface area contributed by atoms with Crippen LogP contribution in [0.5, 0.6) is 0 Å². The zero-order valence-electron chi connectivity index (χ0n) is 14.9. The number of hydrogen-bond donors (Lipinski definition) is 3. The van der Waals surface area contributed by atoms with E-state index in [0.29, 0.717) is 0 Å². The molecule has 3 N–H and O–H groups in total. The number of benzene rings is 1. The van der Waals surface area contributed by atoms with Gasteiger partial charge in [-0.3, -0.25) is 0 Å². The van der Waals surface area contributed by atoms with E-state index in [0.717, 1.165) is 31.2 Å². The minimum absolute atomic E-state index is 0.111. The van der Waals surface area contributed by atoms with Crippen LogP contribution >= 0.6 is 0 Å². The Kier molecular flexibility index (Phi) is 8.21. The lowest BCUT2D eigenvalue weighted by molar-refractivity contribution is 0.234. The average molecular weight is 356 g/mol. The van der Waals surface area contributed by atoms with E-state index in [4.69, 9.17) is 0 Å². The van der Waals surface area contributed by atoms with E-state index in [1.54, 1.807) is 18.2 Å². The molecule has 0 fully saturated rings.